The van der Waals surface area contributed by atoms with Crippen molar-refractivity contribution in [2.24, 2.45) is 5.92 Å². The van der Waals surface area contributed by atoms with Crippen molar-refractivity contribution >= 4 is 5.82 Å². The molecule has 1 heterocycles. The molecular formula is C9H15N3. The van der Waals surface area contributed by atoms with E-state index in [9.17, 15) is 0 Å². The van der Waals surface area contributed by atoms with E-state index in [1.54, 1.807) is 0 Å². The van der Waals surface area contributed by atoms with Gasteiger partial charge >= 0.3 is 0 Å². The van der Waals surface area contributed by atoms with Gasteiger partial charge in [-0.25, -0.2) is 0 Å². The zero-order chi connectivity index (χ0) is 8.72. The summed E-state index contributed by atoms with van der Waals surface area (Å²) in [4.78, 5) is 0. The zero-order valence-corrected chi connectivity index (χ0v) is 7.62. The summed E-state index contributed by atoms with van der Waals surface area (Å²) >= 11 is 0. The molecule has 1 aliphatic rings. The van der Waals surface area contributed by atoms with E-state index in [0.29, 0.717) is 11.9 Å². The second kappa shape index (κ2) is 2.51. The molecule has 0 aliphatic heterocycles. The molecule has 0 bridgehead atoms. The van der Waals surface area contributed by atoms with Gasteiger partial charge < -0.3 is 5.73 Å². The summed E-state index contributed by atoms with van der Waals surface area (Å²) in [6.07, 6.45) is 2.70. The van der Waals surface area contributed by atoms with Crippen LogP contribution in [-0.4, -0.2) is 9.78 Å². The van der Waals surface area contributed by atoms with Gasteiger partial charge in [0.2, 0.25) is 0 Å². The summed E-state index contributed by atoms with van der Waals surface area (Å²) in [5.74, 6) is 1.48. The highest BCUT2D eigenvalue weighted by atomic mass is 15.3. The van der Waals surface area contributed by atoms with E-state index in [1.165, 1.54) is 18.5 Å². The Morgan fingerprint density at radius 3 is 2.75 bits per heavy atom. The second-order valence-electron chi connectivity index (χ2n) is 3.73. The molecule has 0 unspecified atom stereocenters. The number of anilines is 1. The molecule has 1 fully saturated rings. The van der Waals surface area contributed by atoms with Gasteiger partial charge in [-0.05, 0) is 32.6 Å². The molecule has 2 N–H and O–H groups in total. The quantitative estimate of drug-likeness (QED) is 0.725. The lowest BCUT2D eigenvalue weighted by atomic mass is 10.2. The van der Waals surface area contributed by atoms with Crippen molar-refractivity contribution in [2.75, 3.05) is 5.73 Å². The summed E-state index contributed by atoms with van der Waals surface area (Å²) in [5.41, 5.74) is 6.78. The first kappa shape index (κ1) is 7.65. The van der Waals surface area contributed by atoms with Crippen LogP contribution < -0.4 is 5.73 Å². The van der Waals surface area contributed by atoms with Crippen LogP contribution in [0, 0.1) is 12.8 Å². The zero-order valence-electron chi connectivity index (χ0n) is 7.62. The van der Waals surface area contributed by atoms with Crippen LogP contribution in [0.5, 0.6) is 0 Å². The maximum atomic E-state index is 5.61. The Bertz CT molecular complexity index is 286. The Hall–Kier alpha value is -0.990. The first-order chi connectivity index (χ1) is 5.68. The lowest BCUT2D eigenvalue weighted by molar-refractivity contribution is 0.432. The topological polar surface area (TPSA) is 43.8 Å². The van der Waals surface area contributed by atoms with Crippen molar-refractivity contribution in [1.82, 2.24) is 9.78 Å². The van der Waals surface area contributed by atoms with E-state index in [4.69, 9.17) is 5.73 Å². The molecule has 1 aromatic heterocycles. The van der Waals surface area contributed by atoms with Gasteiger partial charge in [-0.3, -0.25) is 4.68 Å². The number of nitrogen functional groups attached to an aromatic ring is 1. The fraction of sp³-hybridized carbons (Fsp3) is 0.667. The Labute approximate surface area is 72.6 Å². The third kappa shape index (κ3) is 1.19. The van der Waals surface area contributed by atoms with Crippen molar-refractivity contribution in [3.8, 4) is 0 Å². The summed E-state index contributed by atoms with van der Waals surface area (Å²) in [5, 5.41) is 4.27. The van der Waals surface area contributed by atoms with Crippen molar-refractivity contribution < 1.29 is 0 Å². The van der Waals surface area contributed by atoms with Crippen LogP contribution in [0.15, 0.2) is 6.07 Å². The SMILES string of the molecule is Cc1cc(N)nn1[C@@H](C)C1CC1. The van der Waals surface area contributed by atoms with Gasteiger partial charge in [-0.1, -0.05) is 0 Å². The van der Waals surface area contributed by atoms with Crippen molar-refractivity contribution in [2.45, 2.75) is 32.7 Å². The van der Waals surface area contributed by atoms with E-state index >= 15 is 0 Å². The molecule has 0 saturated heterocycles. The van der Waals surface area contributed by atoms with E-state index in [2.05, 4.69) is 18.9 Å². The van der Waals surface area contributed by atoms with Crippen LogP contribution >= 0.6 is 0 Å². The minimum atomic E-state index is 0.530. The number of aryl methyl sites for hydroxylation is 1. The number of rotatable bonds is 2. The predicted molar refractivity (Wildman–Crippen MR) is 48.8 cm³/mol. The maximum Gasteiger partial charge on any atom is 0.145 e. The molecule has 12 heavy (non-hydrogen) atoms. The normalized spacial score (nSPS) is 19.5. The van der Waals surface area contributed by atoms with Gasteiger partial charge in [0.15, 0.2) is 0 Å². The van der Waals surface area contributed by atoms with Crippen LogP contribution in [0.3, 0.4) is 0 Å². The van der Waals surface area contributed by atoms with Crippen LogP contribution in [-0.2, 0) is 0 Å². The second-order valence-corrected chi connectivity index (χ2v) is 3.73. The maximum absolute atomic E-state index is 5.61. The number of nitrogens with zero attached hydrogens (tertiary/aromatic N) is 2. The van der Waals surface area contributed by atoms with Crippen molar-refractivity contribution in [1.29, 1.82) is 0 Å². The molecular weight excluding hydrogens is 150 g/mol. The molecule has 0 aromatic carbocycles. The van der Waals surface area contributed by atoms with Gasteiger partial charge in [0.25, 0.3) is 0 Å². The molecule has 66 valence electrons. The minimum absolute atomic E-state index is 0.530. The third-order valence-electron chi connectivity index (χ3n) is 2.63. The summed E-state index contributed by atoms with van der Waals surface area (Å²) < 4.78 is 2.05. The molecule has 2 rings (SSSR count). The van der Waals surface area contributed by atoms with Gasteiger partial charge in [0.1, 0.15) is 5.82 Å². The smallest absolute Gasteiger partial charge is 0.145 e. The van der Waals surface area contributed by atoms with E-state index in [0.717, 1.165) is 5.92 Å². The Morgan fingerprint density at radius 1 is 1.67 bits per heavy atom. The first-order valence-electron chi connectivity index (χ1n) is 4.50. The highest BCUT2D eigenvalue weighted by molar-refractivity contribution is 5.29. The van der Waals surface area contributed by atoms with Crippen LogP contribution in [0.1, 0.15) is 31.5 Å². The van der Waals surface area contributed by atoms with Crippen LogP contribution in [0.4, 0.5) is 5.82 Å². The lowest BCUT2D eigenvalue weighted by Gasteiger charge is -2.12. The van der Waals surface area contributed by atoms with Crippen LogP contribution in [0.2, 0.25) is 0 Å². The van der Waals surface area contributed by atoms with Gasteiger partial charge in [0, 0.05) is 11.8 Å². The average Bonchev–Trinajstić information content (AvgIpc) is 2.77. The Balaban J connectivity index is 2.25. The lowest BCUT2D eigenvalue weighted by Crippen LogP contribution is -2.10. The molecule has 3 heteroatoms. The summed E-state index contributed by atoms with van der Waals surface area (Å²) in [6, 6.07) is 2.46. The summed E-state index contributed by atoms with van der Waals surface area (Å²) in [7, 11) is 0. The molecule has 1 atom stereocenters. The number of aromatic nitrogens is 2. The van der Waals surface area contributed by atoms with Gasteiger partial charge in [-0.2, -0.15) is 5.10 Å². The highest BCUT2D eigenvalue weighted by Crippen LogP contribution is 2.39. The molecule has 1 saturated carbocycles. The monoisotopic (exact) mass is 165 g/mol. The Morgan fingerprint density at radius 2 is 2.33 bits per heavy atom. The van der Waals surface area contributed by atoms with Gasteiger partial charge in [-0.15, -0.1) is 0 Å². The van der Waals surface area contributed by atoms with Crippen molar-refractivity contribution in [3.05, 3.63) is 11.8 Å². The minimum Gasteiger partial charge on any atom is -0.382 e. The molecule has 0 radical (unpaired) electrons. The van der Waals surface area contributed by atoms with Crippen LogP contribution in [0.25, 0.3) is 0 Å². The molecule has 0 spiro atoms. The standard InChI is InChI=1S/C9H15N3/c1-6-5-9(10)11-12(6)7(2)8-3-4-8/h5,7-8H,3-4H2,1-2H3,(H2,10,11)/t7-/m0/s1. The Kier molecular flexibility index (Phi) is 1.60. The first-order valence-corrected chi connectivity index (χ1v) is 4.50. The van der Waals surface area contributed by atoms with E-state index < -0.39 is 0 Å². The molecule has 1 aromatic rings. The fourth-order valence-corrected chi connectivity index (χ4v) is 1.70. The van der Waals surface area contributed by atoms with E-state index in [1.807, 2.05) is 10.7 Å². The highest BCUT2D eigenvalue weighted by Gasteiger charge is 2.30. The fourth-order valence-electron chi connectivity index (χ4n) is 1.70. The third-order valence-corrected chi connectivity index (χ3v) is 2.63. The molecule has 1 aliphatic carbocycles. The predicted octanol–water partition coefficient (Wildman–Crippen LogP) is 1.74. The number of hydrogen-bond acceptors (Lipinski definition) is 2. The largest absolute Gasteiger partial charge is 0.382 e. The van der Waals surface area contributed by atoms with Crippen molar-refractivity contribution in [3.63, 3.8) is 0 Å². The molecule has 0 amide bonds. The summed E-state index contributed by atoms with van der Waals surface area (Å²) in [6.45, 7) is 4.28. The average molecular weight is 165 g/mol. The molecule has 3 nitrogen and oxygen atoms in total. The van der Waals surface area contributed by atoms with E-state index in [-0.39, 0.29) is 0 Å². The number of nitrogens with two attached hydrogens (primary N) is 1. The van der Waals surface area contributed by atoms with Gasteiger partial charge in [0.05, 0.1) is 6.04 Å². The number of hydrogen-bond donors (Lipinski definition) is 1.